The van der Waals surface area contributed by atoms with Crippen LogP contribution in [0.25, 0.3) is 0 Å². The van der Waals surface area contributed by atoms with Crippen molar-refractivity contribution in [3.8, 4) is 0 Å². The van der Waals surface area contributed by atoms with Gasteiger partial charge in [0.1, 0.15) is 0 Å². The molecule has 8 nitrogen and oxygen atoms in total. The highest BCUT2D eigenvalue weighted by Crippen LogP contribution is 2.32. The van der Waals surface area contributed by atoms with Crippen molar-refractivity contribution in [3.05, 3.63) is 40.5 Å². The van der Waals surface area contributed by atoms with Gasteiger partial charge < -0.3 is 20.4 Å². The molecular formula is C19H26ClN5O3. The number of benzene rings is 1. The number of aromatic nitrogens is 2. The first-order chi connectivity index (χ1) is 13.5. The van der Waals surface area contributed by atoms with Crippen LogP contribution in [-0.2, 0) is 6.54 Å². The molecule has 0 saturated heterocycles. The van der Waals surface area contributed by atoms with Crippen LogP contribution in [0.4, 0.5) is 11.8 Å². The van der Waals surface area contributed by atoms with E-state index < -0.39 is 6.35 Å². The zero-order chi connectivity index (χ0) is 20.3. The number of rotatable bonds is 8. The molecule has 9 heteroatoms. The molecule has 1 aliphatic heterocycles. The molecule has 1 amide bonds. The van der Waals surface area contributed by atoms with E-state index in [1.807, 2.05) is 28.8 Å². The number of carbonyl (C=O) groups excluding carboxylic acids is 1. The van der Waals surface area contributed by atoms with E-state index in [0.29, 0.717) is 42.0 Å². The van der Waals surface area contributed by atoms with E-state index in [-0.39, 0.29) is 19.1 Å². The number of nitrogens with one attached hydrogen (secondary N) is 1. The molecule has 0 fully saturated rings. The Kier molecular flexibility index (Phi) is 6.43. The lowest BCUT2D eigenvalue weighted by molar-refractivity contribution is 0.00114. The molecule has 1 aromatic carbocycles. The van der Waals surface area contributed by atoms with Gasteiger partial charge >= 0.3 is 0 Å². The molecule has 0 aliphatic carbocycles. The van der Waals surface area contributed by atoms with Gasteiger partial charge in [-0.15, -0.1) is 0 Å². The van der Waals surface area contributed by atoms with Gasteiger partial charge in [0.15, 0.2) is 11.5 Å². The van der Waals surface area contributed by atoms with Crippen molar-refractivity contribution in [1.29, 1.82) is 0 Å². The quantitative estimate of drug-likeness (QED) is 0.619. The van der Waals surface area contributed by atoms with Crippen LogP contribution in [0.2, 0.25) is 5.02 Å². The summed E-state index contributed by atoms with van der Waals surface area (Å²) in [6.45, 7) is 3.40. The summed E-state index contributed by atoms with van der Waals surface area (Å²) < 4.78 is 1.84. The van der Waals surface area contributed by atoms with Gasteiger partial charge in [-0.25, -0.2) is 0 Å². The van der Waals surface area contributed by atoms with Crippen LogP contribution in [0, 0.1) is 0 Å². The molecular weight excluding hydrogens is 382 g/mol. The Hall–Kier alpha value is -2.29. The molecule has 0 saturated carbocycles. The molecule has 0 spiro atoms. The zero-order valence-corrected chi connectivity index (χ0v) is 16.9. The van der Waals surface area contributed by atoms with Crippen LogP contribution < -0.4 is 10.2 Å². The van der Waals surface area contributed by atoms with Crippen LogP contribution >= 0.6 is 11.6 Å². The first kappa shape index (κ1) is 20.4. The van der Waals surface area contributed by atoms with Gasteiger partial charge in [-0.05, 0) is 30.5 Å². The Labute approximate surface area is 169 Å². The summed E-state index contributed by atoms with van der Waals surface area (Å²) >= 11 is 5.99. The highest BCUT2D eigenvalue weighted by molar-refractivity contribution is 6.30. The van der Waals surface area contributed by atoms with Gasteiger partial charge in [-0.3, -0.25) is 14.3 Å². The molecule has 0 radical (unpaired) electrons. The maximum atomic E-state index is 13.2. The monoisotopic (exact) mass is 407 g/mol. The second kappa shape index (κ2) is 8.81. The Balaban J connectivity index is 2.03. The Morgan fingerprint density at radius 1 is 1.29 bits per heavy atom. The maximum Gasteiger partial charge on any atom is 0.277 e. The zero-order valence-electron chi connectivity index (χ0n) is 16.1. The van der Waals surface area contributed by atoms with Crippen LogP contribution in [-0.4, -0.2) is 63.7 Å². The van der Waals surface area contributed by atoms with E-state index >= 15 is 0 Å². The summed E-state index contributed by atoms with van der Waals surface area (Å²) in [4.78, 5) is 20.7. The number of halogens is 1. The minimum Gasteiger partial charge on any atom is -0.396 e. The van der Waals surface area contributed by atoms with E-state index in [1.54, 1.807) is 11.9 Å². The van der Waals surface area contributed by atoms with E-state index in [1.165, 1.54) is 4.90 Å². The van der Waals surface area contributed by atoms with Gasteiger partial charge in [0.25, 0.3) is 5.91 Å². The third-order valence-corrected chi connectivity index (χ3v) is 4.97. The normalized spacial score (nSPS) is 16.5. The Morgan fingerprint density at radius 2 is 2.00 bits per heavy atom. The molecule has 0 bridgehead atoms. The van der Waals surface area contributed by atoms with E-state index in [2.05, 4.69) is 17.2 Å². The predicted molar refractivity (Wildman–Crippen MR) is 109 cm³/mol. The number of anilines is 2. The molecule has 152 valence electrons. The molecule has 28 heavy (non-hydrogen) atoms. The van der Waals surface area contributed by atoms with Gasteiger partial charge in [0, 0.05) is 31.8 Å². The first-order valence-electron chi connectivity index (χ1n) is 9.39. The summed E-state index contributed by atoms with van der Waals surface area (Å²) in [6, 6.07) is 7.44. The average molecular weight is 408 g/mol. The van der Waals surface area contributed by atoms with Crippen molar-refractivity contribution >= 4 is 29.3 Å². The van der Waals surface area contributed by atoms with E-state index in [0.717, 1.165) is 12.0 Å². The summed E-state index contributed by atoms with van der Waals surface area (Å²) in [5, 5.41) is 23.6. The third kappa shape index (κ3) is 3.94. The number of imidazole rings is 1. The fraction of sp³-hybridized carbons (Fsp3) is 0.474. The number of fused-ring (bicyclic) bond motifs is 1. The molecule has 3 N–H and O–H groups in total. The van der Waals surface area contributed by atoms with E-state index in [9.17, 15) is 9.90 Å². The smallest absolute Gasteiger partial charge is 0.277 e. The molecule has 2 heterocycles. The fourth-order valence-electron chi connectivity index (χ4n) is 3.21. The highest BCUT2D eigenvalue weighted by atomic mass is 35.5. The average Bonchev–Trinajstić information content (AvgIpc) is 3.05. The summed E-state index contributed by atoms with van der Waals surface area (Å²) in [6.07, 6.45) is 0.176. The molecule has 2 aromatic rings. The number of carbonyl (C=O) groups is 1. The molecule has 1 unspecified atom stereocenters. The van der Waals surface area contributed by atoms with Crippen molar-refractivity contribution in [3.63, 3.8) is 0 Å². The van der Waals surface area contributed by atoms with Gasteiger partial charge in [0.05, 0.1) is 6.54 Å². The second-order valence-electron chi connectivity index (χ2n) is 6.78. The van der Waals surface area contributed by atoms with Crippen LogP contribution in [0.1, 0.15) is 35.8 Å². The SMILES string of the molecule is CCCNc1nc2c(n1Cc1ccc(Cl)cc1)C(=O)N(CCCO)C(O)N2C. The number of hydrogen-bond acceptors (Lipinski definition) is 6. The fourth-order valence-corrected chi connectivity index (χ4v) is 3.34. The second-order valence-corrected chi connectivity index (χ2v) is 7.22. The minimum atomic E-state index is -1.12. The van der Waals surface area contributed by atoms with Gasteiger partial charge in [0.2, 0.25) is 12.3 Å². The summed E-state index contributed by atoms with van der Waals surface area (Å²) in [7, 11) is 1.70. The van der Waals surface area contributed by atoms with Crippen LogP contribution in [0.3, 0.4) is 0 Å². The highest BCUT2D eigenvalue weighted by Gasteiger charge is 2.39. The summed E-state index contributed by atoms with van der Waals surface area (Å²) in [5.41, 5.74) is 1.40. The number of aliphatic hydroxyl groups excluding tert-OH is 2. The Bertz CT molecular complexity index is 824. The van der Waals surface area contributed by atoms with Gasteiger partial charge in [-0.2, -0.15) is 4.98 Å². The van der Waals surface area contributed by atoms with Crippen molar-refractivity contribution in [1.82, 2.24) is 14.5 Å². The Morgan fingerprint density at radius 3 is 2.64 bits per heavy atom. The molecule has 1 atom stereocenters. The van der Waals surface area contributed by atoms with Crippen molar-refractivity contribution in [2.45, 2.75) is 32.7 Å². The molecule has 1 aliphatic rings. The topological polar surface area (TPSA) is 93.9 Å². The maximum absolute atomic E-state index is 13.2. The lowest BCUT2D eigenvalue weighted by Crippen LogP contribution is -2.54. The summed E-state index contributed by atoms with van der Waals surface area (Å²) in [5.74, 6) is 0.712. The minimum absolute atomic E-state index is 0.0551. The number of amides is 1. The number of aliphatic hydroxyl groups is 2. The van der Waals surface area contributed by atoms with Crippen LogP contribution in [0.5, 0.6) is 0 Å². The van der Waals surface area contributed by atoms with Gasteiger partial charge in [-0.1, -0.05) is 30.7 Å². The molecule has 1 aromatic heterocycles. The standard InChI is InChI=1S/C19H26ClN5O3/c1-3-9-21-18-22-16-15(25(18)12-13-5-7-14(20)8-6-13)17(27)24(10-4-11-26)19(28)23(16)2/h5-8,19,26,28H,3-4,9-12H2,1-2H3,(H,21,22). The number of nitrogens with zero attached hydrogens (tertiary/aromatic N) is 4. The van der Waals surface area contributed by atoms with Crippen molar-refractivity contribution in [2.75, 3.05) is 37.0 Å². The lowest BCUT2D eigenvalue weighted by atomic mass is 10.2. The van der Waals surface area contributed by atoms with E-state index in [4.69, 9.17) is 16.7 Å². The van der Waals surface area contributed by atoms with Crippen LogP contribution in [0.15, 0.2) is 24.3 Å². The third-order valence-electron chi connectivity index (χ3n) is 4.72. The molecule has 3 rings (SSSR count). The number of hydrogen-bond donors (Lipinski definition) is 3. The van der Waals surface area contributed by atoms with Crippen molar-refractivity contribution in [2.24, 2.45) is 0 Å². The van der Waals surface area contributed by atoms with Crippen molar-refractivity contribution < 1.29 is 15.0 Å². The largest absolute Gasteiger partial charge is 0.396 e. The lowest BCUT2D eigenvalue weighted by Gasteiger charge is -2.38. The first-order valence-corrected chi connectivity index (χ1v) is 9.77. The predicted octanol–water partition coefficient (Wildman–Crippen LogP) is 1.96.